The number of allylic oxidation sites excluding steroid dienone is 1. The average Bonchev–Trinajstić information content (AvgIpc) is 3.19. The highest BCUT2D eigenvalue weighted by Crippen LogP contribution is 2.46. The summed E-state index contributed by atoms with van der Waals surface area (Å²) in [5, 5.41) is 7.31. The SMILES string of the molecule is COc1ccc(C2CC(=O)C3=C(C2)Nc2ccccc2NC3c2ccc(-n3c(C)ccc3C)cc2OC)cc1. The van der Waals surface area contributed by atoms with Gasteiger partial charge in [-0.1, -0.05) is 30.3 Å². The molecule has 1 aromatic heterocycles. The molecule has 198 valence electrons. The van der Waals surface area contributed by atoms with Crippen molar-refractivity contribution in [3.63, 3.8) is 0 Å². The summed E-state index contributed by atoms with van der Waals surface area (Å²) in [5.74, 6) is 1.78. The van der Waals surface area contributed by atoms with E-state index in [1.54, 1.807) is 14.2 Å². The van der Waals surface area contributed by atoms with Crippen molar-refractivity contribution < 1.29 is 14.3 Å². The Morgan fingerprint density at radius 3 is 2.23 bits per heavy atom. The zero-order valence-corrected chi connectivity index (χ0v) is 22.7. The summed E-state index contributed by atoms with van der Waals surface area (Å²) >= 11 is 0. The number of fused-ring (bicyclic) bond motifs is 1. The van der Waals surface area contributed by atoms with Gasteiger partial charge in [-0.2, -0.15) is 0 Å². The number of benzene rings is 3. The van der Waals surface area contributed by atoms with E-state index in [1.165, 1.54) is 0 Å². The molecule has 0 radical (unpaired) electrons. The smallest absolute Gasteiger partial charge is 0.163 e. The highest BCUT2D eigenvalue weighted by Gasteiger charge is 2.37. The Hall–Kier alpha value is -4.45. The van der Waals surface area contributed by atoms with Gasteiger partial charge in [0.2, 0.25) is 0 Å². The second-order valence-corrected chi connectivity index (χ2v) is 10.3. The zero-order valence-electron chi connectivity index (χ0n) is 22.7. The second-order valence-electron chi connectivity index (χ2n) is 10.3. The van der Waals surface area contributed by atoms with Gasteiger partial charge < -0.3 is 24.7 Å². The number of ketones is 1. The Kier molecular flexibility index (Phi) is 6.39. The van der Waals surface area contributed by atoms with Crippen LogP contribution in [0.3, 0.4) is 0 Å². The topological polar surface area (TPSA) is 64.5 Å². The molecule has 0 bridgehead atoms. The van der Waals surface area contributed by atoms with Crippen molar-refractivity contribution in [1.29, 1.82) is 0 Å². The van der Waals surface area contributed by atoms with Crippen LogP contribution >= 0.6 is 0 Å². The molecular weight excluding hydrogens is 486 g/mol. The molecule has 2 N–H and O–H groups in total. The number of para-hydroxylation sites is 2. The molecule has 2 atom stereocenters. The number of aromatic nitrogens is 1. The minimum atomic E-state index is -0.351. The number of aryl methyl sites for hydroxylation is 2. The normalized spacial score (nSPS) is 18.4. The number of hydrogen-bond acceptors (Lipinski definition) is 5. The summed E-state index contributed by atoms with van der Waals surface area (Å²) < 4.78 is 13.5. The molecule has 0 saturated heterocycles. The average molecular weight is 520 g/mol. The number of carbonyl (C=O) groups excluding carboxylic acids is 1. The molecule has 0 amide bonds. The molecule has 4 aromatic rings. The molecule has 2 heterocycles. The van der Waals surface area contributed by atoms with Crippen LogP contribution in [0.15, 0.2) is 90.1 Å². The number of rotatable bonds is 5. The van der Waals surface area contributed by atoms with Crippen molar-refractivity contribution in [2.24, 2.45) is 0 Å². The van der Waals surface area contributed by atoms with Crippen LogP contribution in [0.25, 0.3) is 5.69 Å². The molecular formula is C33H33N3O3. The van der Waals surface area contributed by atoms with Gasteiger partial charge in [0.05, 0.1) is 31.6 Å². The van der Waals surface area contributed by atoms with E-state index in [2.05, 4.69) is 77.6 Å². The van der Waals surface area contributed by atoms with Crippen molar-refractivity contribution >= 4 is 17.2 Å². The lowest BCUT2D eigenvalue weighted by molar-refractivity contribution is -0.116. The number of carbonyl (C=O) groups is 1. The Labute approximate surface area is 229 Å². The van der Waals surface area contributed by atoms with E-state index in [-0.39, 0.29) is 17.7 Å². The third-order valence-electron chi connectivity index (χ3n) is 7.95. The van der Waals surface area contributed by atoms with Gasteiger partial charge in [0.25, 0.3) is 0 Å². The van der Waals surface area contributed by atoms with Crippen molar-refractivity contribution in [2.45, 2.75) is 38.6 Å². The number of anilines is 2. The first-order chi connectivity index (χ1) is 19.0. The Morgan fingerprint density at radius 1 is 0.821 bits per heavy atom. The van der Waals surface area contributed by atoms with Crippen molar-refractivity contribution in [2.75, 3.05) is 24.9 Å². The number of ether oxygens (including phenoxy) is 2. The second kappa shape index (κ2) is 10.0. The number of nitrogens with zero attached hydrogens (tertiary/aromatic N) is 1. The molecule has 0 saturated carbocycles. The molecule has 0 spiro atoms. The van der Waals surface area contributed by atoms with Crippen molar-refractivity contribution in [3.05, 3.63) is 113 Å². The van der Waals surface area contributed by atoms with E-state index in [0.29, 0.717) is 6.42 Å². The fraction of sp³-hybridized carbons (Fsp3) is 0.242. The van der Waals surface area contributed by atoms with Gasteiger partial charge in [0.15, 0.2) is 5.78 Å². The number of hydrogen-bond donors (Lipinski definition) is 2. The Morgan fingerprint density at radius 2 is 1.54 bits per heavy atom. The third-order valence-corrected chi connectivity index (χ3v) is 7.95. The van der Waals surface area contributed by atoms with Crippen LogP contribution in [0, 0.1) is 13.8 Å². The van der Waals surface area contributed by atoms with Gasteiger partial charge >= 0.3 is 0 Å². The predicted molar refractivity (Wildman–Crippen MR) is 155 cm³/mol. The molecule has 6 nitrogen and oxygen atoms in total. The number of Topliss-reactive ketones (excluding diaryl/α,β-unsaturated/α-hetero) is 1. The molecule has 6 heteroatoms. The van der Waals surface area contributed by atoms with E-state index >= 15 is 0 Å². The van der Waals surface area contributed by atoms with Crippen molar-refractivity contribution in [3.8, 4) is 17.2 Å². The minimum absolute atomic E-state index is 0.0875. The molecule has 39 heavy (non-hydrogen) atoms. The predicted octanol–water partition coefficient (Wildman–Crippen LogP) is 7.09. The molecule has 1 aliphatic heterocycles. The van der Waals surface area contributed by atoms with Gasteiger partial charge in [-0.25, -0.2) is 0 Å². The van der Waals surface area contributed by atoms with Crippen LogP contribution in [0.1, 0.15) is 47.3 Å². The maximum absolute atomic E-state index is 14.0. The molecule has 1 aliphatic carbocycles. The maximum atomic E-state index is 14.0. The summed E-state index contributed by atoms with van der Waals surface area (Å²) in [6.45, 7) is 4.19. The van der Waals surface area contributed by atoms with E-state index in [1.807, 2.05) is 30.3 Å². The highest BCUT2D eigenvalue weighted by molar-refractivity contribution is 6.01. The summed E-state index contributed by atoms with van der Waals surface area (Å²) in [7, 11) is 3.36. The highest BCUT2D eigenvalue weighted by atomic mass is 16.5. The number of methoxy groups -OCH3 is 2. The van der Waals surface area contributed by atoms with Crippen molar-refractivity contribution in [1.82, 2.24) is 4.57 Å². The maximum Gasteiger partial charge on any atom is 0.163 e. The Bertz CT molecular complexity index is 1560. The standard InChI is InChI=1S/C33H33N3O3/c1-20-9-10-21(2)36(20)24-13-16-26(31(19-24)39-4)33-32-29(34-27-7-5-6-8-28(27)35-33)17-23(18-30(32)37)22-11-14-25(38-3)15-12-22/h5-16,19,23,33-35H,17-18H2,1-4H3. The number of nitrogens with one attached hydrogen (secondary N) is 2. The van der Waals surface area contributed by atoms with Gasteiger partial charge in [0.1, 0.15) is 11.5 Å². The molecule has 0 fully saturated rings. The van der Waals surface area contributed by atoms with Gasteiger partial charge in [-0.05, 0) is 74.2 Å². The first-order valence-corrected chi connectivity index (χ1v) is 13.3. The molecule has 2 unspecified atom stereocenters. The first kappa shape index (κ1) is 24.9. The molecule has 6 rings (SSSR count). The zero-order chi connectivity index (χ0) is 27.1. The molecule has 3 aromatic carbocycles. The van der Waals surface area contributed by atoms with Gasteiger partial charge in [0, 0.05) is 46.4 Å². The largest absolute Gasteiger partial charge is 0.497 e. The Balaban J connectivity index is 1.45. The minimum Gasteiger partial charge on any atom is -0.497 e. The van der Waals surface area contributed by atoms with E-state index in [9.17, 15) is 4.79 Å². The van der Waals surface area contributed by atoms with Crippen LogP contribution < -0.4 is 20.1 Å². The van der Waals surface area contributed by atoms with Gasteiger partial charge in [-0.15, -0.1) is 0 Å². The lowest BCUT2D eigenvalue weighted by Crippen LogP contribution is -2.27. The third kappa shape index (κ3) is 4.46. The quantitative estimate of drug-likeness (QED) is 0.295. The summed E-state index contributed by atoms with van der Waals surface area (Å²) in [6, 6.07) is 26.3. The monoisotopic (exact) mass is 519 g/mol. The van der Waals surface area contributed by atoms with Crippen LogP contribution in [-0.4, -0.2) is 24.6 Å². The van der Waals surface area contributed by atoms with E-state index < -0.39 is 0 Å². The lowest BCUT2D eigenvalue weighted by Gasteiger charge is -2.30. The van der Waals surface area contributed by atoms with Crippen LogP contribution in [0.5, 0.6) is 11.5 Å². The van der Waals surface area contributed by atoms with Crippen LogP contribution in [0.4, 0.5) is 11.4 Å². The lowest BCUT2D eigenvalue weighted by atomic mass is 9.78. The summed E-state index contributed by atoms with van der Waals surface area (Å²) in [6.07, 6.45) is 1.19. The fourth-order valence-electron chi connectivity index (χ4n) is 5.99. The first-order valence-electron chi connectivity index (χ1n) is 13.3. The summed E-state index contributed by atoms with van der Waals surface area (Å²) in [5.41, 5.74) is 9.07. The van der Waals surface area contributed by atoms with Crippen LogP contribution in [0.2, 0.25) is 0 Å². The van der Waals surface area contributed by atoms with E-state index in [4.69, 9.17) is 9.47 Å². The van der Waals surface area contributed by atoms with E-state index in [0.717, 1.165) is 68.8 Å². The summed E-state index contributed by atoms with van der Waals surface area (Å²) in [4.78, 5) is 14.0. The fourth-order valence-corrected chi connectivity index (χ4v) is 5.99. The van der Waals surface area contributed by atoms with Crippen LogP contribution in [-0.2, 0) is 4.79 Å². The van der Waals surface area contributed by atoms with Gasteiger partial charge in [-0.3, -0.25) is 4.79 Å². The molecule has 2 aliphatic rings.